The maximum atomic E-state index is 13.4. The van der Waals surface area contributed by atoms with Crippen molar-refractivity contribution in [3.63, 3.8) is 0 Å². The highest BCUT2D eigenvalue weighted by molar-refractivity contribution is 7.99. The van der Waals surface area contributed by atoms with E-state index in [9.17, 15) is 17.6 Å². The summed E-state index contributed by atoms with van der Waals surface area (Å²) < 4.78 is 41.8. The van der Waals surface area contributed by atoms with Crippen molar-refractivity contribution in [1.29, 1.82) is 0 Å². The second-order valence-corrected chi connectivity index (χ2v) is 10.5. The van der Waals surface area contributed by atoms with Crippen LogP contribution in [0.15, 0.2) is 52.4 Å². The average Bonchev–Trinajstić information content (AvgIpc) is 3.15. The van der Waals surface area contributed by atoms with E-state index in [2.05, 4.69) is 15.3 Å². The maximum Gasteiger partial charge on any atom is 0.243 e. The lowest BCUT2D eigenvalue weighted by Crippen LogP contribution is -2.50. The molecule has 1 amide bonds. The van der Waals surface area contributed by atoms with Crippen LogP contribution in [0, 0.1) is 19.7 Å². The van der Waals surface area contributed by atoms with Crippen molar-refractivity contribution < 1.29 is 17.6 Å². The first kappa shape index (κ1) is 23.3. The lowest BCUT2D eigenvalue weighted by molar-refractivity contribution is -0.129. The van der Waals surface area contributed by atoms with Crippen LogP contribution in [0.4, 0.5) is 4.39 Å². The van der Waals surface area contributed by atoms with Crippen LogP contribution in [0.25, 0.3) is 5.82 Å². The van der Waals surface area contributed by atoms with Crippen molar-refractivity contribution in [2.75, 3.05) is 31.9 Å². The highest BCUT2D eigenvalue weighted by atomic mass is 32.2. The fourth-order valence-electron chi connectivity index (χ4n) is 3.55. The van der Waals surface area contributed by atoms with E-state index in [0.29, 0.717) is 10.8 Å². The Labute approximate surface area is 195 Å². The molecule has 33 heavy (non-hydrogen) atoms. The van der Waals surface area contributed by atoms with Gasteiger partial charge in [-0.25, -0.2) is 17.5 Å². The number of hydrogen-bond donors (Lipinski definition) is 0. The van der Waals surface area contributed by atoms with Gasteiger partial charge in [-0.15, -0.1) is 10.2 Å². The molecule has 0 saturated carbocycles. The highest BCUT2D eigenvalue weighted by Crippen LogP contribution is 2.20. The average molecular weight is 491 g/mol. The Morgan fingerprint density at radius 1 is 1.06 bits per heavy atom. The molecular formula is C21H23FN6O3S2. The third-order valence-corrected chi connectivity index (χ3v) is 8.02. The predicted molar refractivity (Wildman–Crippen MR) is 121 cm³/mol. The smallest absolute Gasteiger partial charge is 0.243 e. The molecule has 0 bridgehead atoms. The first-order chi connectivity index (χ1) is 15.7. The Bertz CT molecular complexity index is 1260. The van der Waals surface area contributed by atoms with Gasteiger partial charge in [0, 0.05) is 31.9 Å². The Kier molecular flexibility index (Phi) is 6.77. The number of halogens is 1. The van der Waals surface area contributed by atoms with Crippen LogP contribution in [0.5, 0.6) is 0 Å². The molecule has 3 heterocycles. The maximum absolute atomic E-state index is 13.4. The molecule has 0 spiro atoms. The minimum Gasteiger partial charge on any atom is -0.339 e. The molecule has 0 N–H and O–H groups in total. The van der Waals surface area contributed by atoms with E-state index in [1.165, 1.54) is 34.3 Å². The van der Waals surface area contributed by atoms with Gasteiger partial charge in [-0.2, -0.15) is 9.40 Å². The van der Waals surface area contributed by atoms with Crippen molar-refractivity contribution >= 4 is 27.7 Å². The zero-order valence-electron chi connectivity index (χ0n) is 18.2. The molecule has 0 radical (unpaired) electrons. The molecular weight excluding hydrogens is 467 g/mol. The number of amides is 1. The Balaban J connectivity index is 1.30. The minimum absolute atomic E-state index is 0.0830. The fraction of sp³-hybridized carbons (Fsp3) is 0.333. The lowest BCUT2D eigenvalue weighted by atomic mass is 10.3. The second-order valence-electron chi connectivity index (χ2n) is 7.60. The summed E-state index contributed by atoms with van der Waals surface area (Å²) in [6, 6.07) is 10.5. The summed E-state index contributed by atoms with van der Waals surface area (Å²) in [7, 11) is -3.79. The first-order valence-electron chi connectivity index (χ1n) is 10.3. The van der Waals surface area contributed by atoms with Gasteiger partial charge in [-0.05, 0) is 50.2 Å². The number of piperazine rings is 1. The molecule has 9 nitrogen and oxygen atoms in total. The van der Waals surface area contributed by atoms with Crippen LogP contribution >= 0.6 is 11.8 Å². The highest BCUT2D eigenvalue weighted by Gasteiger charge is 2.30. The normalized spacial score (nSPS) is 15.1. The van der Waals surface area contributed by atoms with Crippen LogP contribution in [0.1, 0.15) is 11.4 Å². The van der Waals surface area contributed by atoms with Crippen LogP contribution in [0.3, 0.4) is 0 Å². The molecule has 1 aliphatic heterocycles. The Morgan fingerprint density at radius 2 is 1.82 bits per heavy atom. The topological polar surface area (TPSA) is 101 Å². The molecule has 0 unspecified atom stereocenters. The van der Waals surface area contributed by atoms with Gasteiger partial charge in [0.05, 0.1) is 16.3 Å². The summed E-state index contributed by atoms with van der Waals surface area (Å²) >= 11 is 1.27. The van der Waals surface area contributed by atoms with Gasteiger partial charge in [0.2, 0.25) is 15.9 Å². The molecule has 1 fully saturated rings. The zero-order chi connectivity index (χ0) is 23.6. The number of thioether (sulfide) groups is 1. The van der Waals surface area contributed by atoms with Gasteiger partial charge in [-0.1, -0.05) is 17.8 Å². The predicted octanol–water partition coefficient (Wildman–Crippen LogP) is 2.04. The first-order valence-corrected chi connectivity index (χ1v) is 12.7. The molecule has 2 aromatic heterocycles. The molecule has 1 aliphatic rings. The molecule has 1 aromatic carbocycles. The van der Waals surface area contributed by atoms with Gasteiger partial charge in [0.1, 0.15) is 10.8 Å². The summed E-state index contributed by atoms with van der Waals surface area (Å²) in [4.78, 5) is 14.1. The molecule has 4 rings (SSSR count). The van der Waals surface area contributed by atoms with Crippen molar-refractivity contribution in [2.45, 2.75) is 23.8 Å². The van der Waals surface area contributed by atoms with E-state index in [4.69, 9.17) is 0 Å². The Morgan fingerprint density at radius 3 is 2.42 bits per heavy atom. The van der Waals surface area contributed by atoms with Crippen molar-refractivity contribution in [2.24, 2.45) is 0 Å². The zero-order valence-corrected chi connectivity index (χ0v) is 19.8. The van der Waals surface area contributed by atoms with Gasteiger partial charge in [-0.3, -0.25) is 4.79 Å². The molecule has 12 heteroatoms. The third kappa shape index (κ3) is 5.23. The number of nitrogens with zero attached hydrogens (tertiary/aromatic N) is 6. The molecule has 0 atom stereocenters. The second kappa shape index (κ2) is 9.57. The van der Waals surface area contributed by atoms with Crippen molar-refractivity contribution in [1.82, 2.24) is 29.2 Å². The SMILES string of the molecule is Cc1cc(C)n(-c2ccc(SCC(=O)N3CCN(S(=O)(=O)c4cccc(F)c4)CC3)nn2)n1. The number of aryl methyl sites for hydroxylation is 2. The van der Waals surface area contributed by atoms with E-state index in [-0.39, 0.29) is 42.7 Å². The van der Waals surface area contributed by atoms with E-state index in [1.807, 2.05) is 19.9 Å². The van der Waals surface area contributed by atoms with E-state index in [1.54, 1.807) is 21.7 Å². The fourth-order valence-corrected chi connectivity index (χ4v) is 5.72. The van der Waals surface area contributed by atoms with Crippen LogP contribution in [0.2, 0.25) is 0 Å². The minimum atomic E-state index is -3.79. The molecule has 0 aliphatic carbocycles. The van der Waals surface area contributed by atoms with Crippen LogP contribution < -0.4 is 0 Å². The number of aromatic nitrogens is 4. The van der Waals surface area contributed by atoms with E-state index < -0.39 is 15.8 Å². The quantitative estimate of drug-likeness (QED) is 0.488. The standard InChI is InChI=1S/C21H23FN6O3S2/c1-15-12-16(2)28(25-15)19-6-7-20(24-23-19)32-14-21(29)26-8-10-27(11-9-26)33(30,31)18-5-3-4-17(22)13-18/h3-7,12-13H,8-11,14H2,1-2H3. The summed E-state index contributed by atoms with van der Waals surface area (Å²) in [5.74, 6) is 0.0666. The summed E-state index contributed by atoms with van der Waals surface area (Å²) in [6.45, 7) is 4.71. The summed E-state index contributed by atoms with van der Waals surface area (Å²) in [6.07, 6.45) is 0. The van der Waals surface area contributed by atoms with Gasteiger partial charge < -0.3 is 4.90 Å². The van der Waals surface area contributed by atoms with Gasteiger partial charge in [0.15, 0.2) is 5.82 Å². The number of sulfonamides is 1. The van der Waals surface area contributed by atoms with E-state index >= 15 is 0 Å². The number of carbonyl (C=O) groups excluding carboxylic acids is 1. The number of hydrogen-bond acceptors (Lipinski definition) is 7. The number of rotatable bonds is 6. The summed E-state index contributed by atoms with van der Waals surface area (Å²) in [5.41, 5.74) is 1.85. The third-order valence-electron chi connectivity index (χ3n) is 5.22. The number of carbonyl (C=O) groups is 1. The largest absolute Gasteiger partial charge is 0.339 e. The van der Waals surface area contributed by atoms with Crippen molar-refractivity contribution in [3.8, 4) is 5.82 Å². The number of benzene rings is 1. The molecule has 1 saturated heterocycles. The van der Waals surface area contributed by atoms with Crippen LogP contribution in [-0.4, -0.2) is 75.4 Å². The molecule has 174 valence electrons. The van der Waals surface area contributed by atoms with Gasteiger partial charge >= 0.3 is 0 Å². The Hall–Kier alpha value is -2.83. The lowest BCUT2D eigenvalue weighted by Gasteiger charge is -2.34. The van der Waals surface area contributed by atoms with Crippen LogP contribution in [-0.2, 0) is 14.8 Å². The molecule has 3 aromatic rings. The van der Waals surface area contributed by atoms with Crippen molar-refractivity contribution in [3.05, 3.63) is 59.7 Å². The summed E-state index contributed by atoms with van der Waals surface area (Å²) in [5, 5.41) is 13.3. The monoisotopic (exact) mass is 490 g/mol. The van der Waals surface area contributed by atoms with E-state index in [0.717, 1.165) is 17.5 Å². The van der Waals surface area contributed by atoms with Gasteiger partial charge in [0.25, 0.3) is 0 Å².